The number of nitrogens with zero attached hydrogens (tertiary/aromatic N) is 1. The molecular weight excluding hydrogens is 212 g/mol. The number of carbonyl (C=O) groups is 1. The fourth-order valence-corrected chi connectivity index (χ4v) is 1.80. The predicted molar refractivity (Wildman–Crippen MR) is 74.2 cm³/mol. The van der Waals surface area contributed by atoms with Gasteiger partial charge in [0.15, 0.2) is 0 Å². The largest absolute Gasteiger partial charge is 0.338 e. The van der Waals surface area contributed by atoms with Gasteiger partial charge in [-0.15, -0.1) is 0 Å². The van der Waals surface area contributed by atoms with Crippen molar-refractivity contribution in [3.05, 3.63) is 0 Å². The average Bonchev–Trinajstić information content (AvgIpc) is 2.22. The zero-order valence-corrected chi connectivity index (χ0v) is 12.3. The molecule has 3 nitrogen and oxygen atoms in total. The van der Waals surface area contributed by atoms with Gasteiger partial charge in [-0.2, -0.15) is 0 Å². The second-order valence-corrected chi connectivity index (χ2v) is 5.63. The summed E-state index contributed by atoms with van der Waals surface area (Å²) >= 11 is 0. The summed E-state index contributed by atoms with van der Waals surface area (Å²) in [5.41, 5.74) is 0. The zero-order chi connectivity index (χ0) is 13.3. The van der Waals surface area contributed by atoms with Crippen molar-refractivity contribution in [2.75, 3.05) is 19.6 Å². The minimum atomic E-state index is 0.100. The van der Waals surface area contributed by atoms with Crippen molar-refractivity contribution < 1.29 is 4.79 Å². The fraction of sp³-hybridized carbons (Fsp3) is 0.929. The van der Waals surface area contributed by atoms with E-state index < -0.39 is 0 Å². The monoisotopic (exact) mass is 242 g/mol. The molecule has 0 bridgehead atoms. The predicted octanol–water partition coefficient (Wildman–Crippen LogP) is 3.50. The third-order valence-corrected chi connectivity index (χ3v) is 2.51. The van der Waals surface area contributed by atoms with Crippen molar-refractivity contribution in [2.45, 2.75) is 53.9 Å². The van der Waals surface area contributed by atoms with Crippen LogP contribution < -0.4 is 5.32 Å². The van der Waals surface area contributed by atoms with E-state index in [-0.39, 0.29) is 6.03 Å². The molecule has 0 radical (unpaired) electrons. The van der Waals surface area contributed by atoms with Gasteiger partial charge >= 0.3 is 6.03 Å². The van der Waals surface area contributed by atoms with Crippen LogP contribution >= 0.6 is 0 Å². The van der Waals surface area contributed by atoms with Crippen molar-refractivity contribution in [2.24, 2.45) is 11.8 Å². The highest BCUT2D eigenvalue weighted by Gasteiger charge is 2.15. The first-order chi connectivity index (χ1) is 7.97. The molecular formula is C14H30N2O. The Morgan fingerprint density at radius 1 is 1.06 bits per heavy atom. The van der Waals surface area contributed by atoms with E-state index in [4.69, 9.17) is 0 Å². The van der Waals surface area contributed by atoms with Crippen molar-refractivity contribution >= 4 is 6.03 Å². The van der Waals surface area contributed by atoms with Gasteiger partial charge in [-0.05, 0) is 18.3 Å². The molecule has 3 heteroatoms. The van der Waals surface area contributed by atoms with E-state index in [9.17, 15) is 4.79 Å². The summed E-state index contributed by atoms with van der Waals surface area (Å²) in [6, 6.07) is 0.100. The Hall–Kier alpha value is -0.730. The minimum Gasteiger partial charge on any atom is -0.338 e. The summed E-state index contributed by atoms with van der Waals surface area (Å²) in [5, 5.41) is 3.02. The van der Waals surface area contributed by atoms with Crippen LogP contribution in [-0.2, 0) is 0 Å². The van der Waals surface area contributed by atoms with Crippen molar-refractivity contribution in [1.82, 2.24) is 10.2 Å². The Labute approximate surface area is 107 Å². The van der Waals surface area contributed by atoms with Gasteiger partial charge in [0.05, 0.1) is 0 Å². The smallest absolute Gasteiger partial charge is 0.317 e. The lowest BCUT2D eigenvalue weighted by Crippen LogP contribution is -2.43. The summed E-state index contributed by atoms with van der Waals surface area (Å²) in [5.74, 6) is 1.05. The van der Waals surface area contributed by atoms with E-state index in [0.717, 1.165) is 26.1 Å². The molecule has 0 atom stereocenters. The summed E-state index contributed by atoms with van der Waals surface area (Å²) < 4.78 is 0. The first-order valence-electron chi connectivity index (χ1n) is 7.00. The molecule has 0 aliphatic rings. The molecule has 0 saturated heterocycles. The number of urea groups is 1. The van der Waals surface area contributed by atoms with Gasteiger partial charge in [0, 0.05) is 19.6 Å². The maximum atomic E-state index is 12.0. The van der Waals surface area contributed by atoms with Crippen LogP contribution in [0.15, 0.2) is 0 Å². The quantitative estimate of drug-likeness (QED) is 0.649. The topological polar surface area (TPSA) is 32.3 Å². The Kier molecular flexibility index (Phi) is 8.92. The summed E-state index contributed by atoms with van der Waals surface area (Å²) in [7, 11) is 0. The molecule has 17 heavy (non-hydrogen) atoms. The Bertz CT molecular complexity index is 192. The zero-order valence-electron chi connectivity index (χ0n) is 12.3. The molecule has 0 aromatic heterocycles. The molecule has 102 valence electrons. The first-order valence-corrected chi connectivity index (χ1v) is 7.00. The Morgan fingerprint density at radius 2 is 1.59 bits per heavy atom. The van der Waals surface area contributed by atoms with Crippen molar-refractivity contribution in [1.29, 1.82) is 0 Å². The molecule has 0 aliphatic heterocycles. The number of hydrogen-bond donors (Lipinski definition) is 1. The standard InChI is InChI=1S/C14H30N2O/c1-6-7-8-9-15-14(17)16(10-12(2)3)11-13(4)5/h12-13H,6-11H2,1-5H3,(H,15,17). The van der Waals surface area contributed by atoms with Crippen LogP contribution in [0.5, 0.6) is 0 Å². The Balaban J connectivity index is 4.03. The van der Waals surface area contributed by atoms with Gasteiger partial charge in [0.25, 0.3) is 0 Å². The summed E-state index contributed by atoms with van der Waals surface area (Å²) in [6.45, 7) is 13.3. The summed E-state index contributed by atoms with van der Waals surface area (Å²) in [6.07, 6.45) is 3.46. The van der Waals surface area contributed by atoms with E-state index in [1.807, 2.05) is 4.90 Å². The molecule has 0 fully saturated rings. The number of amides is 2. The van der Waals surface area contributed by atoms with Crippen LogP contribution in [0.4, 0.5) is 4.79 Å². The van der Waals surface area contributed by atoms with Gasteiger partial charge in [0.2, 0.25) is 0 Å². The molecule has 1 N–H and O–H groups in total. The molecule has 0 rings (SSSR count). The van der Waals surface area contributed by atoms with Gasteiger partial charge in [0.1, 0.15) is 0 Å². The molecule has 0 unspecified atom stereocenters. The third-order valence-electron chi connectivity index (χ3n) is 2.51. The lowest BCUT2D eigenvalue weighted by Gasteiger charge is -2.26. The number of rotatable bonds is 8. The average molecular weight is 242 g/mol. The minimum absolute atomic E-state index is 0.100. The first kappa shape index (κ1) is 16.3. The number of carbonyl (C=O) groups excluding carboxylic acids is 1. The van der Waals surface area contributed by atoms with Gasteiger partial charge < -0.3 is 10.2 Å². The summed E-state index contributed by atoms with van der Waals surface area (Å²) in [4.78, 5) is 13.9. The lowest BCUT2D eigenvalue weighted by molar-refractivity contribution is 0.183. The maximum Gasteiger partial charge on any atom is 0.317 e. The number of unbranched alkanes of at least 4 members (excludes halogenated alkanes) is 2. The van der Waals surface area contributed by atoms with E-state index in [1.165, 1.54) is 12.8 Å². The fourth-order valence-electron chi connectivity index (χ4n) is 1.80. The Morgan fingerprint density at radius 3 is 2.00 bits per heavy atom. The van der Waals surface area contributed by atoms with Crippen molar-refractivity contribution in [3.63, 3.8) is 0 Å². The maximum absolute atomic E-state index is 12.0. The van der Waals surface area contributed by atoms with E-state index in [1.54, 1.807) is 0 Å². The van der Waals surface area contributed by atoms with E-state index in [0.29, 0.717) is 11.8 Å². The highest BCUT2D eigenvalue weighted by atomic mass is 16.2. The normalized spacial score (nSPS) is 11.0. The van der Waals surface area contributed by atoms with Gasteiger partial charge in [-0.1, -0.05) is 47.5 Å². The van der Waals surface area contributed by atoms with Crippen LogP contribution in [0.25, 0.3) is 0 Å². The van der Waals surface area contributed by atoms with Crippen LogP contribution in [0.1, 0.15) is 53.9 Å². The van der Waals surface area contributed by atoms with E-state index in [2.05, 4.69) is 39.9 Å². The number of hydrogen-bond acceptors (Lipinski definition) is 1. The van der Waals surface area contributed by atoms with Gasteiger partial charge in [-0.3, -0.25) is 0 Å². The molecule has 0 aliphatic carbocycles. The second kappa shape index (κ2) is 9.32. The second-order valence-electron chi connectivity index (χ2n) is 5.63. The highest BCUT2D eigenvalue weighted by Crippen LogP contribution is 2.04. The van der Waals surface area contributed by atoms with Crippen LogP contribution in [0.2, 0.25) is 0 Å². The van der Waals surface area contributed by atoms with Crippen LogP contribution in [0, 0.1) is 11.8 Å². The SMILES string of the molecule is CCCCCNC(=O)N(CC(C)C)CC(C)C. The molecule has 2 amide bonds. The van der Waals surface area contributed by atoms with E-state index >= 15 is 0 Å². The molecule has 0 aromatic carbocycles. The molecule has 0 spiro atoms. The number of nitrogens with one attached hydrogen (secondary N) is 1. The molecule has 0 saturated carbocycles. The lowest BCUT2D eigenvalue weighted by atomic mass is 10.1. The van der Waals surface area contributed by atoms with Crippen LogP contribution in [0.3, 0.4) is 0 Å². The van der Waals surface area contributed by atoms with Crippen LogP contribution in [-0.4, -0.2) is 30.6 Å². The van der Waals surface area contributed by atoms with Gasteiger partial charge in [-0.25, -0.2) is 4.79 Å². The van der Waals surface area contributed by atoms with Crippen molar-refractivity contribution in [3.8, 4) is 0 Å². The highest BCUT2D eigenvalue weighted by molar-refractivity contribution is 5.74. The molecule has 0 aromatic rings. The molecule has 0 heterocycles. The third kappa shape index (κ3) is 9.02.